The summed E-state index contributed by atoms with van der Waals surface area (Å²) in [6.07, 6.45) is 0.793. The zero-order chi connectivity index (χ0) is 17.4. The summed E-state index contributed by atoms with van der Waals surface area (Å²) >= 11 is 0. The van der Waals surface area contributed by atoms with Crippen molar-refractivity contribution in [3.8, 4) is 0 Å². The molecule has 22 heavy (non-hydrogen) atoms. The van der Waals surface area contributed by atoms with Crippen molar-refractivity contribution in [3.63, 3.8) is 0 Å². The van der Waals surface area contributed by atoms with Gasteiger partial charge >= 0.3 is 8.56 Å². The van der Waals surface area contributed by atoms with Crippen molar-refractivity contribution < 1.29 is 22.4 Å². The van der Waals surface area contributed by atoms with Crippen LogP contribution in [0.5, 0.6) is 0 Å². The first-order valence-electron chi connectivity index (χ1n) is 7.95. The van der Waals surface area contributed by atoms with Crippen LogP contribution in [0.3, 0.4) is 0 Å². The van der Waals surface area contributed by atoms with Crippen LogP contribution in [0.25, 0.3) is 0 Å². The molecule has 0 radical (unpaired) electrons. The van der Waals surface area contributed by atoms with E-state index in [2.05, 4.69) is 45.8 Å². The van der Waals surface area contributed by atoms with E-state index in [1.54, 1.807) is 7.11 Å². The Labute approximate surface area is 140 Å². The molecule has 0 aliphatic heterocycles. The van der Waals surface area contributed by atoms with Crippen LogP contribution in [0.2, 0.25) is 45.8 Å². The molecule has 0 N–H and O–H groups in total. The molecular weight excluding hydrogens is 332 g/mol. The molecule has 0 aliphatic rings. The molecule has 0 rings (SSSR count). The van der Waals surface area contributed by atoms with Crippen LogP contribution in [0, 0.1) is 0 Å². The molecule has 0 aromatic rings. The van der Waals surface area contributed by atoms with Gasteiger partial charge < -0.3 is 22.4 Å². The normalized spacial score (nSPS) is 15.1. The van der Waals surface area contributed by atoms with Gasteiger partial charge in [0.15, 0.2) is 8.32 Å². The number of hydrogen-bond acceptors (Lipinski definition) is 5. The van der Waals surface area contributed by atoms with E-state index < -0.39 is 25.2 Å². The van der Waals surface area contributed by atoms with Gasteiger partial charge in [-0.25, -0.2) is 0 Å². The second-order valence-corrected chi connectivity index (χ2v) is 20.1. The van der Waals surface area contributed by atoms with Gasteiger partial charge in [0.1, 0.15) is 0 Å². The Bertz CT molecular complexity index is 305. The van der Waals surface area contributed by atoms with Crippen LogP contribution in [0.15, 0.2) is 0 Å². The van der Waals surface area contributed by atoms with Crippen molar-refractivity contribution in [2.45, 2.75) is 58.9 Å². The zero-order valence-corrected chi connectivity index (χ0v) is 18.9. The second-order valence-electron chi connectivity index (χ2n) is 7.65. The molecule has 0 bridgehead atoms. The summed E-state index contributed by atoms with van der Waals surface area (Å²) in [4.78, 5) is 0. The molecule has 0 aromatic carbocycles. The van der Waals surface area contributed by atoms with Crippen molar-refractivity contribution in [2.24, 2.45) is 0 Å². The van der Waals surface area contributed by atoms with Crippen LogP contribution in [0.1, 0.15) is 6.92 Å². The zero-order valence-electron chi connectivity index (χ0n) is 15.9. The molecule has 8 heteroatoms. The fourth-order valence-electron chi connectivity index (χ4n) is 2.21. The highest BCUT2D eigenvalue weighted by atomic mass is 28.5. The van der Waals surface area contributed by atoms with Crippen molar-refractivity contribution in [1.29, 1.82) is 0 Å². The second kappa shape index (κ2) is 9.68. The van der Waals surface area contributed by atoms with Gasteiger partial charge in [-0.2, -0.15) is 0 Å². The Kier molecular flexibility index (Phi) is 9.87. The van der Waals surface area contributed by atoms with E-state index in [0.717, 1.165) is 0 Å². The molecule has 0 saturated heterocycles. The number of rotatable bonds is 12. The number of hydrogen-bond donors (Lipinski definition) is 0. The Balaban J connectivity index is 3.99. The topological polar surface area (TPSA) is 46.2 Å². The minimum absolute atomic E-state index is 0.125. The van der Waals surface area contributed by atoms with E-state index in [0.29, 0.717) is 26.1 Å². The van der Waals surface area contributed by atoms with Gasteiger partial charge in [0, 0.05) is 7.11 Å². The number of methoxy groups -OCH3 is 1. The lowest BCUT2D eigenvalue weighted by atomic mass is 10.4. The molecule has 0 spiro atoms. The molecule has 0 fully saturated rings. The van der Waals surface area contributed by atoms with Gasteiger partial charge in [0.05, 0.1) is 32.2 Å². The van der Waals surface area contributed by atoms with Crippen LogP contribution in [-0.4, -0.2) is 64.5 Å². The predicted molar refractivity (Wildman–Crippen MR) is 98.6 cm³/mol. The maximum absolute atomic E-state index is 6.37. The highest BCUT2D eigenvalue weighted by molar-refractivity contribution is 6.87. The van der Waals surface area contributed by atoms with Crippen LogP contribution >= 0.6 is 0 Å². The predicted octanol–water partition coefficient (Wildman–Crippen LogP) is 3.37. The van der Waals surface area contributed by atoms with E-state index in [1.165, 1.54) is 0 Å². The molecule has 0 amide bonds. The summed E-state index contributed by atoms with van der Waals surface area (Å²) < 4.78 is 29.0. The average Bonchev–Trinajstić information content (AvgIpc) is 2.28. The lowest BCUT2D eigenvalue weighted by Gasteiger charge is -2.37. The summed E-state index contributed by atoms with van der Waals surface area (Å²) in [5, 5.41) is 0. The molecule has 1 unspecified atom stereocenters. The molecule has 0 heterocycles. The van der Waals surface area contributed by atoms with Gasteiger partial charge in [0.2, 0.25) is 8.32 Å². The third-order valence-electron chi connectivity index (χ3n) is 2.65. The minimum Gasteiger partial charge on any atom is -0.437 e. The van der Waals surface area contributed by atoms with Crippen molar-refractivity contribution in [1.82, 2.24) is 0 Å². The minimum atomic E-state index is -2.07. The van der Waals surface area contributed by atoms with Crippen molar-refractivity contribution in [2.75, 3.05) is 33.2 Å². The standard InChI is InChI=1S/C14H36O5Si3/c1-14(15-2)12-16-10-11-17-13-21(6,7)19-22(8,9)18-20(3,4)5/h14H,10-13H2,1-9H3. The van der Waals surface area contributed by atoms with Crippen molar-refractivity contribution >= 4 is 25.2 Å². The average molecular weight is 369 g/mol. The summed E-state index contributed by atoms with van der Waals surface area (Å²) in [5.74, 6) is 0. The number of ether oxygens (including phenoxy) is 3. The fourth-order valence-corrected chi connectivity index (χ4v) is 14.8. The lowest BCUT2D eigenvalue weighted by Crippen LogP contribution is -2.53. The van der Waals surface area contributed by atoms with E-state index in [-0.39, 0.29) is 6.10 Å². The third-order valence-corrected chi connectivity index (χ3v) is 12.1. The molecular formula is C14H36O5Si3. The Morgan fingerprint density at radius 2 is 1.36 bits per heavy atom. The van der Waals surface area contributed by atoms with Crippen molar-refractivity contribution in [3.05, 3.63) is 0 Å². The Morgan fingerprint density at radius 1 is 0.818 bits per heavy atom. The van der Waals surface area contributed by atoms with E-state index >= 15 is 0 Å². The van der Waals surface area contributed by atoms with E-state index in [1.807, 2.05) is 6.92 Å². The SMILES string of the molecule is COC(C)COCCOC[Si](C)(C)O[Si](C)(C)O[Si](C)(C)C. The van der Waals surface area contributed by atoms with Gasteiger partial charge in [-0.3, -0.25) is 0 Å². The smallest absolute Gasteiger partial charge is 0.311 e. The molecule has 0 aromatic heterocycles. The third kappa shape index (κ3) is 12.9. The van der Waals surface area contributed by atoms with Gasteiger partial charge in [-0.05, 0) is 52.8 Å². The Morgan fingerprint density at radius 3 is 1.86 bits per heavy atom. The van der Waals surface area contributed by atoms with Gasteiger partial charge in [-0.1, -0.05) is 0 Å². The first-order chi connectivity index (χ1) is 9.87. The molecule has 134 valence electrons. The monoisotopic (exact) mass is 368 g/mol. The quantitative estimate of drug-likeness (QED) is 0.390. The summed E-state index contributed by atoms with van der Waals surface area (Å²) in [5.41, 5.74) is 0. The largest absolute Gasteiger partial charge is 0.437 e. The highest BCUT2D eigenvalue weighted by Crippen LogP contribution is 2.20. The molecule has 5 nitrogen and oxygen atoms in total. The maximum Gasteiger partial charge on any atom is 0.311 e. The van der Waals surface area contributed by atoms with Crippen LogP contribution in [-0.2, 0) is 22.4 Å². The lowest BCUT2D eigenvalue weighted by molar-refractivity contribution is -0.00228. The summed E-state index contributed by atoms with van der Waals surface area (Å²) in [7, 11) is -3.83. The highest BCUT2D eigenvalue weighted by Gasteiger charge is 2.38. The fraction of sp³-hybridized carbons (Fsp3) is 1.00. The van der Waals surface area contributed by atoms with E-state index in [4.69, 9.17) is 22.4 Å². The molecule has 0 saturated carbocycles. The molecule has 0 aliphatic carbocycles. The van der Waals surface area contributed by atoms with Gasteiger partial charge in [-0.15, -0.1) is 0 Å². The van der Waals surface area contributed by atoms with Crippen LogP contribution in [0.4, 0.5) is 0 Å². The first-order valence-corrected chi connectivity index (χ1v) is 17.3. The van der Waals surface area contributed by atoms with E-state index in [9.17, 15) is 0 Å². The Hall–Kier alpha value is 0.451. The maximum atomic E-state index is 6.37. The first kappa shape index (κ1) is 22.5. The van der Waals surface area contributed by atoms with Gasteiger partial charge in [0.25, 0.3) is 0 Å². The summed E-state index contributed by atoms with van der Waals surface area (Å²) in [6, 6.07) is 0. The molecule has 1 atom stereocenters. The van der Waals surface area contributed by atoms with Crippen LogP contribution < -0.4 is 0 Å². The summed E-state index contributed by atoms with van der Waals surface area (Å²) in [6.45, 7) is 19.0.